The number of carbonyl (C=O) groups excluding carboxylic acids is 1. The largest absolute Gasteiger partial charge is 0.573 e. The van der Waals surface area contributed by atoms with Gasteiger partial charge in [-0.3, -0.25) is 14.5 Å². The predicted molar refractivity (Wildman–Crippen MR) is 105 cm³/mol. The van der Waals surface area contributed by atoms with E-state index in [9.17, 15) is 18.0 Å². The summed E-state index contributed by atoms with van der Waals surface area (Å²) in [6.07, 6.45) is 1.16. The molecule has 0 bridgehead atoms. The van der Waals surface area contributed by atoms with Gasteiger partial charge in [-0.25, -0.2) is 4.98 Å². The van der Waals surface area contributed by atoms with Crippen LogP contribution in [0.5, 0.6) is 5.75 Å². The molecule has 0 N–H and O–H groups in total. The fraction of sp³-hybridized carbons (Fsp3) is 0.333. The number of ether oxygens (including phenoxy) is 1. The number of nitrogens with zero attached hydrogens (tertiary/aromatic N) is 5. The minimum atomic E-state index is -4.77. The Kier molecular flexibility index (Phi) is 5.62. The molecule has 1 aromatic carbocycles. The molecule has 1 amide bonds. The number of hydrogen-bond acceptors (Lipinski definition) is 5. The van der Waals surface area contributed by atoms with Crippen LogP contribution in [0.25, 0.3) is 11.3 Å². The Bertz CT molecular complexity index is 1080. The average Bonchev–Trinajstić information content (AvgIpc) is 3.11. The van der Waals surface area contributed by atoms with Crippen LogP contribution < -0.4 is 4.74 Å². The maximum atomic E-state index is 13.0. The van der Waals surface area contributed by atoms with Crippen molar-refractivity contribution in [1.29, 1.82) is 0 Å². The molecule has 1 saturated carbocycles. The molecule has 0 saturated heterocycles. The number of benzene rings is 1. The van der Waals surface area contributed by atoms with Crippen molar-refractivity contribution in [2.24, 2.45) is 7.05 Å². The van der Waals surface area contributed by atoms with Gasteiger partial charge >= 0.3 is 6.36 Å². The number of rotatable bonds is 6. The fourth-order valence-corrected chi connectivity index (χ4v) is 3.41. The zero-order chi connectivity index (χ0) is 22.0. The quantitative estimate of drug-likeness (QED) is 0.591. The van der Waals surface area contributed by atoms with Crippen LogP contribution in [0.2, 0.25) is 0 Å². The summed E-state index contributed by atoms with van der Waals surface area (Å²) in [5.41, 5.74) is 1.78. The van der Waals surface area contributed by atoms with Crippen molar-refractivity contribution in [3.8, 4) is 17.0 Å². The first-order valence-electron chi connectivity index (χ1n) is 9.76. The third-order valence-electron chi connectivity index (χ3n) is 5.11. The minimum absolute atomic E-state index is 0.108. The van der Waals surface area contributed by atoms with Crippen LogP contribution in [0.1, 0.15) is 35.4 Å². The number of aryl methyl sites for hydroxylation is 1. The molecule has 0 atom stereocenters. The van der Waals surface area contributed by atoms with Gasteiger partial charge in [0.05, 0.1) is 5.69 Å². The number of pyridine rings is 1. The molecular formula is C21H20F3N5O2. The highest BCUT2D eigenvalue weighted by Crippen LogP contribution is 2.30. The molecule has 1 fully saturated rings. The van der Waals surface area contributed by atoms with E-state index in [4.69, 9.17) is 0 Å². The molecule has 2 heterocycles. The Labute approximate surface area is 176 Å². The standard InChI is InChI=1S/C21H20F3N5O2/c1-28-13-26-19(27-28)20(30)29(16-5-3-6-16)12-14-8-9-25-18(10-14)15-4-2-7-17(11-15)31-21(22,23)24/h2,4,7-11,13,16H,3,5-6,12H2,1H3. The van der Waals surface area contributed by atoms with Gasteiger partial charge in [0, 0.05) is 31.4 Å². The second-order valence-corrected chi connectivity index (χ2v) is 7.38. The molecule has 4 rings (SSSR count). The molecule has 1 aliphatic rings. The topological polar surface area (TPSA) is 73.1 Å². The Morgan fingerprint density at radius 1 is 1.23 bits per heavy atom. The summed E-state index contributed by atoms with van der Waals surface area (Å²) < 4.78 is 43.1. The summed E-state index contributed by atoms with van der Waals surface area (Å²) in [4.78, 5) is 23.1. The highest BCUT2D eigenvalue weighted by molar-refractivity contribution is 5.90. The summed E-state index contributed by atoms with van der Waals surface area (Å²) in [6, 6.07) is 9.30. The van der Waals surface area contributed by atoms with E-state index in [0.29, 0.717) is 17.8 Å². The van der Waals surface area contributed by atoms with Gasteiger partial charge in [0.2, 0.25) is 5.82 Å². The fourth-order valence-electron chi connectivity index (χ4n) is 3.41. The molecule has 10 heteroatoms. The van der Waals surface area contributed by atoms with Crippen LogP contribution in [0.15, 0.2) is 48.9 Å². The molecule has 0 spiro atoms. The van der Waals surface area contributed by atoms with E-state index in [0.717, 1.165) is 24.8 Å². The van der Waals surface area contributed by atoms with E-state index in [2.05, 4.69) is 19.8 Å². The Morgan fingerprint density at radius 2 is 2.03 bits per heavy atom. The summed E-state index contributed by atoms with van der Waals surface area (Å²) in [7, 11) is 1.70. The Morgan fingerprint density at radius 3 is 2.68 bits per heavy atom. The lowest BCUT2D eigenvalue weighted by Gasteiger charge is -2.37. The van der Waals surface area contributed by atoms with Gasteiger partial charge in [-0.2, -0.15) is 0 Å². The number of aromatic nitrogens is 4. The van der Waals surface area contributed by atoms with Crippen molar-refractivity contribution in [2.45, 2.75) is 38.2 Å². The second-order valence-electron chi connectivity index (χ2n) is 7.38. The first-order chi connectivity index (χ1) is 14.8. The van der Waals surface area contributed by atoms with Gasteiger partial charge in [0.1, 0.15) is 12.1 Å². The van der Waals surface area contributed by atoms with Crippen LogP contribution >= 0.6 is 0 Å². The number of carbonyl (C=O) groups is 1. The van der Waals surface area contributed by atoms with Gasteiger partial charge in [-0.15, -0.1) is 18.3 Å². The smallest absolute Gasteiger partial charge is 0.406 e. The first-order valence-corrected chi connectivity index (χ1v) is 9.76. The maximum Gasteiger partial charge on any atom is 0.573 e. The second kappa shape index (κ2) is 8.37. The van der Waals surface area contributed by atoms with E-state index < -0.39 is 6.36 Å². The Hall–Kier alpha value is -3.43. The van der Waals surface area contributed by atoms with E-state index in [-0.39, 0.29) is 23.5 Å². The molecule has 7 nitrogen and oxygen atoms in total. The van der Waals surface area contributed by atoms with Gasteiger partial charge < -0.3 is 9.64 Å². The van der Waals surface area contributed by atoms with Crippen molar-refractivity contribution in [2.75, 3.05) is 0 Å². The molecule has 162 valence electrons. The van der Waals surface area contributed by atoms with Gasteiger partial charge in [-0.1, -0.05) is 12.1 Å². The van der Waals surface area contributed by atoms with Gasteiger partial charge in [0.25, 0.3) is 5.91 Å². The molecule has 0 unspecified atom stereocenters. The van der Waals surface area contributed by atoms with Crippen LogP contribution in [0, 0.1) is 0 Å². The lowest BCUT2D eigenvalue weighted by atomic mass is 9.91. The van der Waals surface area contributed by atoms with Crippen molar-refractivity contribution in [3.63, 3.8) is 0 Å². The van der Waals surface area contributed by atoms with E-state index in [1.54, 1.807) is 36.3 Å². The average molecular weight is 431 g/mol. The van der Waals surface area contributed by atoms with E-state index in [1.165, 1.54) is 29.2 Å². The zero-order valence-corrected chi connectivity index (χ0v) is 16.7. The summed E-state index contributed by atoms with van der Waals surface area (Å²) in [6.45, 7) is 0.329. The highest BCUT2D eigenvalue weighted by Gasteiger charge is 2.32. The molecule has 2 aromatic heterocycles. The summed E-state index contributed by atoms with van der Waals surface area (Å²) in [5.74, 6) is -0.422. The third kappa shape index (κ3) is 5.01. The van der Waals surface area contributed by atoms with E-state index >= 15 is 0 Å². The predicted octanol–water partition coefficient (Wildman–Crippen LogP) is 3.97. The van der Waals surface area contributed by atoms with Crippen LogP contribution in [0.3, 0.4) is 0 Å². The Balaban J connectivity index is 1.57. The zero-order valence-electron chi connectivity index (χ0n) is 16.7. The lowest BCUT2D eigenvalue weighted by molar-refractivity contribution is -0.274. The van der Waals surface area contributed by atoms with Crippen molar-refractivity contribution < 1.29 is 22.7 Å². The molecule has 31 heavy (non-hydrogen) atoms. The molecule has 0 aliphatic heterocycles. The van der Waals surface area contributed by atoms with Crippen molar-refractivity contribution in [1.82, 2.24) is 24.6 Å². The molecule has 0 radical (unpaired) electrons. The van der Waals surface area contributed by atoms with Crippen molar-refractivity contribution in [3.05, 3.63) is 60.3 Å². The van der Waals surface area contributed by atoms with Crippen LogP contribution in [-0.4, -0.2) is 43.0 Å². The minimum Gasteiger partial charge on any atom is -0.406 e. The summed E-state index contributed by atoms with van der Waals surface area (Å²) >= 11 is 0. The SMILES string of the molecule is Cn1cnc(C(=O)N(Cc2ccnc(-c3cccc(OC(F)(F)F)c3)c2)C2CCC2)n1. The monoisotopic (exact) mass is 431 g/mol. The van der Waals surface area contributed by atoms with Crippen molar-refractivity contribution >= 4 is 5.91 Å². The number of alkyl halides is 3. The molecular weight excluding hydrogens is 411 g/mol. The molecule has 3 aromatic rings. The number of amides is 1. The van der Waals surface area contributed by atoms with Crippen LogP contribution in [0.4, 0.5) is 13.2 Å². The highest BCUT2D eigenvalue weighted by atomic mass is 19.4. The maximum absolute atomic E-state index is 13.0. The normalized spacial score (nSPS) is 14.2. The molecule has 1 aliphatic carbocycles. The first kappa shape index (κ1) is 20.8. The number of halogens is 3. The third-order valence-corrected chi connectivity index (χ3v) is 5.11. The number of hydrogen-bond donors (Lipinski definition) is 0. The van der Waals surface area contributed by atoms with Gasteiger partial charge in [-0.05, 0) is 49.1 Å². The van der Waals surface area contributed by atoms with Crippen LogP contribution in [-0.2, 0) is 13.6 Å². The summed E-state index contributed by atoms with van der Waals surface area (Å²) in [5, 5.41) is 4.11. The van der Waals surface area contributed by atoms with E-state index in [1.807, 2.05) is 0 Å². The lowest BCUT2D eigenvalue weighted by Crippen LogP contribution is -2.44. The van der Waals surface area contributed by atoms with Gasteiger partial charge in [0.15, 0.2) is 0 Å².